The first-order valence-electron chi connectivity index (χ1n) is 9.37. The molecule has 1 fully saturated rings. The average Bonchev–Trinajstić information content (AvgIpc) is 2.71. The molecule has 0 bridgehead atoms. The summed E-state index contributed by atoms with van der Waals surface area (Å²) in [5.74, 6) is 0. The van der Waals surface area contributed by atoms with Gasteiger partial charge in [0, 0.05) is 18.6 Å². The molecule has 2 unspecified atom stereocenters. The Balaban J connectivity index is 1.74. The fourth-order valence-corrected chi connectivity index (χ4v) is 4.07. The molecular weight excluding hydrogens is 314 g/mol. The SMILES string of the molecule is C=C1CC(c2ccccc2)N(Cc2ccccc2)C(c2ccccc2)C1. The lowest BCUT2D eigenvalue weighted by Crippen LogP contribution is -2.36. The maximum Gasteiger partial charge on any atom is 0.0394 e. The summed E-state index contributed by atoms with van der Waals surface area (Å²) in [5.41, 5.74) is 5.47. The minimum atomic E-state index is 0.364. The van der Waals surface area contributed by atoms with E-state index in [1.54, 1.807) is 0 Å². The van der Waals surface area contributed by atoms with E-state index in [1.165, 1.54) is 22.3 Å². The molecule has 0 aromatic heterocycles. The first-order valence-corrected chi connectivity index (χ1v) is 9.37. The van der Waals surface area contributed by atoms with Crippen LogP contribution >= 0.6 is 0 Å². The molecule has 3 aromatic rings. The fourth-order valence-electron chi connectivity index (χ4n) is 4.07. The predicted molar refractivity (Wildman–Crippen MR) is 109 cm³/mol. The van der Waals surface area contributed by atoms with Crippen molar-refractivity contribution in [3.05, 3.63) is 120 Å². The molecule has 0 spiro atoms. The minimum absolute atomic E-state index is 0.364. The first kappa shape index (κ1) is 16.8. The highest BCUT2D eigenvalue weighted by Crippen LogP contribution is 2.44. The van der Waals surface area contributed by atoms with Crippen LogP contribution in [0.2, 0.25) is 0 Å². The molecule has 1 saturated heterocycles. The number of rotatable bonds is 4. The predicted octanol–water partition coefficient (Wildman–Crippen LogP) is 6.32. The Hall–Kier alpha value is -2.64. The highest BCUT2D eigenvalue weighted by Gasteiger charge is 2.33. The third kappa shape index (κ3) is 3.63. The maximum absolute atomic E-state index is 4.38. The van der Waals surface area contributed by atoms with Gasteiger partial charge in [0.15, 0.2) is 0 Å². The molecule has 4 rings (SSSR count). The Morgan fingerprint density at radius 1 is 0.654 bits per heavy atom. The molecule has 1 nitrogen and oxygen atoms in total. The Morgan fingerprint density at radius 2 is 1.08 bits per heavy atom. The van der Waals surface area contributed by atoms with E-state index < -0.39 is 0 Å². The summed E-state index contributed by atoms with van der Waals surface area (Å²) in [6, 6.07) is 33.3. The van der Waals surface area contributed by atoms with Crippen molar-refractivity contribution in [3.8, 4) is 0 Å². The van der Waals surface area contributed by atoms with E-state index in [9.17, 15) is 0 Å². The number of hydrogen-bond acceptors (Lipinski definition) is 1. The van der Waals surface area contributed by atoms with Crippen LogP contribution in [0, 0.1) is 0 Å². The van der Waals surface area contributed by atoms with Gasteiger partial charge >= 0.3 is 0 Å². The van der Waals surface area contributed by atoms with E-state index in [0.29, 0.717) is 12.1 Å². The molecule has 3 aromatic carbocycles. The van der Waals surface area contributed by atoms with Crippen LogP contribution in [-0.4, -0.2) is 4.90 Å². The molecule has 26 heavy (non-hydrogen) atoms. The Morgan fingerprint density at radius 3 is 1.54 bits per heavy atom. The van der Waals surface area contributed by atoms with Crippen LogP contribution < -0.4 is 0 Å². The first-order chi connectivity index (χ1) is 12.8. The van der Waals surface area contributed by atoms with Crippen molar-refractivity contribution < 1.29 is 0 Å². The zero-order valence-electron chi connectivity index (χ0n) is 15.1. The third-order valence-electron chi connectivity index (χ3n) is 5.34. The molecule has 1 heterocycles. The molecule has 1 aliphatic rings. The van der Waals surface area contributed by atoms with Gasteiger partial charge < -0.3 is 0 Å². The highest BCUT2D eigenvalue weighted by molar-refractivity contribution is 5.29. The molecule has 2 atom stereocenters. The number of hydrogen-bond donors (Lipinski definition) is 0. The number of piperidine rings is 1. The summed E-state index contributed by atoms with van der Waals surface area (Å²) in [4.78, 5) is 2.66. The van der Waals surface area contributed by atoms with Crippen molar-refractivity contribution in [2.45, 2.75) is 31.5 Å². The monoisotopic (exact) mass is 339 g/mol. The normalized spacial score (nSPS) is 20.8. The Bertz CT molecular complexity index is 788. The zero-order chi connectivity index (χ0) is 17.8. The summed E-state index contributed by atoms with van der Waals surface area (Å²) in [6.07, 6.45) is 2.06. The van der Waals surface area contributed by atoms with Gasteiger partial charge in [-0.25, -0.2) is 0 Å². The van der Waals surface area contributed by atoms with Gasteiger partial charge in [-0.1, -0.05) is 103 Å². The number of likely N-dealkylation sites (tertiary alicyclic amines) is 1. The molecule has 0 radical (unpaired) electrons. The van der Waals surface area contributed by atoms with E-state index in [0.717, 1.165) is 19.4 Å². The summed E-state index contributed by atoms with van der Waals surface area (Å²) in [5, 5.41) is 0. The number of nitrogens with zero attached hydrogens (tertiary/aromatic N) is 1. The lowest BCUT2D eigenvalue weighted by atomic mass is 9.84. The van der Waals surface area contributed by atoms with Gasteiger partial charge in [0.2, 0.25) is 0 Å². The van der Waals surface area contributed by atoms with Gasteiger partial charge in [-0.3, -0.25) is 4.90 Å². The van der Waals surface area contributed by atoms with E-state index in [2.05, 4.69) is 102 Å². The molecule has 0 saturated carbocycles. The van der Waals surface area contributed by atoms with Gasteiger partial charge in [-0.15, -0.1) is 0 Å². The standard InChI is InChI=1S/C25H25N/c1-20-17-24(22-13-7-3-8-14-22)26(19-21-11-5-2-6-12-21)25(18-20)23-15-9-4-10-16-23/h2-16,24-25H,1,17-19H2. The van der Waals surface area contributed by atoms with E-state index in [4.69, 9.17) is 0 Å². The molecule has 1 aliphatic heterocycles. The van der Waals surface area contributed by atoms with Gasteiger partial charge in [-0.2, -0.15) is 0 Å². The van der Waals surface area contributed by atoms with Gasteiger partial charge in [0.25, 0.3) is 0 Å². The molecule has 130 valence electrons. The van der Waals surface area contributed by atoms with Crippen molar-refractivity contribution in [1.82, 2.24) is 4.90 Å². The van der Waals surface area contributed by atoms with Crippen molar-refractivity contribution in [3.63, 3.8) is 0 Å². The minimum Gasteiger partial charge on any atom is -0.284 e. The van der Waals surface area contributed by atoms with Gasteiger partial charge in [0.05, 0.1) is 0 Å². The highest BCUT2D eigenvalue weighted by atomic mass is 15.2. The molecular formula is C25H25N. The molecule has 0 amide bonds. The lowest BCUT2D eigenvalue weighted by Gasteiger charge is -2.44. The van der Waals surface area contributed by atoms with E-state index in [-0.39, 0.29) is 0 Å². The molecule has 0 N–H and O–H groups in total. The summed E-state index contributed by atoms with van der Waals surface area (Å²) in [6.45, 7) is 5.33. The Labute approximate surface area is 156 Å². The Kier molecular flexibility index (Phi) is 4.99. The van der Waals surface area contributed by atoms with Crippen molar-refractivity contribution in [1.29, 1.82) is 0 Å². The second-order valence-corrected chi connectivity index (χ2v) is 7.17. The number of benzene rings is 3. The van der Waals surface area contributed by atoms with Gasteiger partial charge in [-0.05, 0) is 29.5 Å². The van der Waals surface area contributed by atoms with Crippen molar-refractivity contribution in [2.24, 2.45) is 0 Å². The maximum atomic E-state index is 4.38. The smallest absolute Gasteiger partial charge is 0.0394 e. The van der Waals surface area contributed by atoms with Crippen LogP contribution in [0.3, 0.4) is 0 Å². The van der Waals surface area contributed by atoms with E-state index >= 15 is 0 Å². The molecule has 0 aliphatic carbocycles. The summed E-state index contributed by atoms with van der Waals surface area (Å²) >= 11 is 0. The summed E-state index contributed by atoms with van der Waals surface area (Å²) < 4.78 is 0. The topological polar surface area (TPSA) is 3.24 Å². The average molecular weight is 339 g/mol. The third-order valence-corrected chi connectivity index (χ3v) is 5.34. The second kappa shape index (κ2) is 7.72. The van der Waals surface area contributed by atoms with Crippen molar-refractivity contribution in [2.75, 3.05) is 0 Å². The molecule has 1 heteroatoms. The van der Waals surface area contributed by atoms with Crippen LogP contribution in [-0.2, 0) is 6.54 Å². The summed E-state index contributed by atoms with van der Waals surface area (Å²) in [7, 11) is 0. The quantitative estimate of drug-likeness (QED) is 0.503. The van der Waals surface area contributed by atoms with Gasteiger partial charge in [0.1, 0.15) is 0 Å². The van der Waals surface area contributed by atoms with Crippen molar-refractivity contribution >= 4 is 0 Å². The fraction of sp³-hybridized carbons (Fsp3) is 0.200. The largest absolute Gasteiger partial charge is 0.284 e. The zero-order valence-corrected chi connectivity index (χ0v) is 15.1. The van der Waals surface area contributed by atoms with Crippen LogP contribution in [0.25, 0.3) is 0 Å². The van der Waals surface area contributed by atoms with Crippen LogP contribution in [0.15, 0.2) is 103 Å². The van der Waals surface area contributed by atoms with Crippen LogP contribution in [0.5, 0.6) is 0 Å². The lowest BCUT2D eigenvalue weighted by molar-refractivity contribution is 0.0975. The van der Waals surface area contributed by atoms with Crippen LogP contribution in [0.1, 0.15) is 41.6 Å². The van der Waals surface area contributed by atoms with Crippen LogP contribution in [0.4, 0.5) is 0 Å². The van der Waals surface area contributed by atoms with E-state index in [1.807, 2.05) is 0 Å². The second-order valence-electron chi connectivity index (χ2n) is 7.17.